The van der Waals surface area contributed by atoms with Gasteiger partial charge < -0.3 is 20.3 Å². The smallest absolute Gasteiger partial charge is 0.414 e. The highest BCUT2D eigenvalue weighted by Gasteiger charge is 2.34. The van der Waals surface area contributed by atoms with Crippen LogP contribution in [0.4, 0.5) is 20.6 Å². The summed E-state index contributed by atoms with van der Waals surface area (Å²) in [5.41, 5.74) is 0.968. The molecule has 2 N–H and O–H groups in total. The van der Waals surface area contributed by atoms with Crippen LogP contribution in [-0.4, -0.2) is 57.4 Å². The second-order valence-electron chi connectivity index (χ2n) is 5.91. The molecule has 0 aliphatic carbocycles. The molecule has 0 radical (unpaired) electrons. The summed E-state index contributed by atoms with van der Waals surface area (Å²) in [5.74, 6) is -0.554. The van der Waals surface area contributed by atoms with E-state index in [0.717, 1.165) is 26.2 Å². The summed E-state index contributed by atoms with van der Waals surface area (Å²) in [7, 11) is 0. The lowest BCUT2D eigenvalue weighted by Gasteiger charge is -2.30. The molecule has 7 nitrogen and oxygen atoms in total. The fraction of sp³-hybridized carbons (Fsp3) is 0.500. The molecule has 24 heavy (non-hydrogen) atoms. The summed E-state index contributed by atoms with van der Waals surface area (Å²) < 4.78 is 19.6. The number of benzene rings is 1. The molecule has 0 aromatic heterocycles. The molecule has 0 unspecified atom stereocenters. The molecule has 2 aliphatic heterocycles. The van der Waals surface area contributed by atoms with Crippen molar-refractivity contribution in [3.8, 4) is 0 Å². The minimum Gasteiger partial charge on any atom is -0.447 e. The molecule has 0 spiro atoms. The Morgan fingerprint density at radius 2 is 2.17 bits per heavy atom. The molecule has 2 heterocycles. The lowest BCUT2D eigenvalue weighted by molar-refractivity contribution is -0.119. The van der Waals surface area contributed by atoms with E-state index in [1.807, 2.05) is 4.90 Å². The molecule has 0 saturated carbocycles. The molecule has 8 heteroatoms. The number of cyclic esters (lactones) is 1. The lowest BCUT2D eigenvalue weighted by atomic mass is 10.2. The Labute approximate surface area is 139 Å². The van der Waals surface area contributed by atoms with Gasteiger partial charge in [-0.3, -0.25) is 9.69 Å². The van der Waals surface area contributed by atoms with Crippen LogP contribution in [-0.2, 0) is 9.53 Å². The number of anilines is 2. The van der Waals surface area contributed by atoms with Crippen LogP contribution in [0.3, 0.4) is 0 Å². The predicted octanol–water partition coefficient (Wildman–Crippen LogP) is 0.697. The highest BCUT2D eigenvalue weighted by molar-refractivity contribution is 5.90. The number of rotatable bonds is 4. The first-order valence-corrected chi connectivity index (χ1v) is 8.02. The van der Waals surface area contributed by atoms with E-state index in [9.17, 15) is 14.0 Å². The molecule has 0 bridgehead atoms. The van der Waals surface area contributed by atoms with E-state index in [1.54, 1.807) is 12.1 Å². The van der Waals surface area contributed by atoms with E-state index in [1.165, 1.54) is 17.9 Å². The van der Waals surface area contributed by atoms with Gasteiger partial charge in [-0.05, 0) is 18.2 Å². The maximum Gasteiger partial charge on any atom is 0.414 e. The van der Waals surface area contributed by atoms with Crippen LogP contribution in [0.5, 0.6) is 0 Å². The monoisotopic (exact) mass is 336 g/mol. The fourth-order valence-corrected chi connectivity index (χ4v) is 3.00. The van der Waals surface area contributed by atoms with Crippen LogP contribution < -0.4 is 20.4 Å². The van der Waals surface area contributed by atoms with Gasteiger partial charge in [-0.1, -0.05) is 0 Å². The number of nitrogens with one attached hydrogen (secondary N) is 2. The van der Waals surface area contributed by atoms with Crippen LogP contribution in [0, 0.1) is 5.82 Å². The third-order valence-corrected chi connectivity index (χ3v) is 4.21. The number of ether oxygens (including phenoxy) is 1. The molecule has 1 aromatic carbocycles. The first kappa shape index (κ1) is 16.5. The van der Waals surface area contributed by atoms with Gasteiger partial charge in [-0.2, -0.15) is 0 Å². The van der Waals surface area contributed by atoms with E-state index < -0.39 is 6.09 Å². The van der Waals surface area contributed by atoms with Crippen LogP contribution >= 0.6 is 0 Å². The van der Waals surface area contributed by atoms with Crippen LogP contribution in [0.2, 0.25) is 0 Å². The Kier molecular flexibility index (Phi) is 4.84. The predicted molar refractivity (Wildman–Crippen MR) is 87.8 cm³/mol. The fourth-order valence-electron chi connectivity index (χ4n) is 3.00. The van der Waals surface area contributed by atoms with Crippen LogP contribution in [0.25, 0.3) is 0 Å². The van der Waals surface area contributed by atoms with Gasteiger partial charge in [-0.25, -0.2) is 9.18 Å². The van der Waals surface area contributed by atoms with Crippen molar-refractivity contribution in [1.29, 1.82) is 0 Å². The van der Waals surface area contributed by atoms with Gasteiger partial charge in [0.25, 0.3) is 0 Å². The second kappa shape index (κ2) is 7.04. The number of carbonyl (C=O) groups is 2. The third-order valence-electron chi connectivity index (χ3n) is 4.21. The lowest BCUT2D eigenvalue weighted by Crippen LogP contribution is -2.44. The summed E-state index contributed by atoms with van der Waals surface area (Å²) in [5, 5.41) is 5.89. The van der Waals surface area contributed by atoms with Gasteiger partial charge in [-0.15, -0.1) is 0 Å². The molecule has 1 aromatic rings. The number of hydrogen-bond acceptors (Lipinski definition) is 5. The van der Waals surface area contributed by atoms with Crippen molar-refractivity contribution < 1.29 is 18.7 Å². The van der Waals surface area contributed by atoms with E-state index in [0.29, 0.717) is 11.4 Å². The van der Waals surface area contributed by atoms with Gasteiger partial charge in [0, 0.05) is 39.6 Å². The van der Waals surface area contributed by atoms with Crippen molar-refractivity contribution in [2.75, 3.05) is 49.1 Å². The molecular formula is C16H21FN4O3. The number of piperazine rings is 1. The van der Waals surface area contributed by atoms with Crippen LogP contribution in [0.15, 0.2) is 18.2 Å². The highest BCUT2D eigenvalue weighted by atomic mass is 19.1. The third kappa shape index (κ3) is 3.43. The summed E-state index contributed by atoms with van der Waals surface area (Å²) in [4.78, 5) is 26.4. The Hall–Kier alpha value is -2.35. The van der Waals surface area contributed by atoms with Gasteiger partial charge in [0.15, 0.2) is 0 Å². The molecule has 130 valence electrons. The SMILES string of the molecule is CC(=O)NC[C@H]1COC(=O)N1c1ccc(N2CCNCC2)c(F)c1. The Morgan fingerprint density at radius 1 is 1.42 bits per heavy atom. The standard InChI is InChI=1S/C16H21FN4O3/c1-11(22)19-9-13-10-24-16(23)21(13)12-2-3-15(14(17)8-12)20-6-4-18-5-7-20/h2-3,8,13,18H,4-7,9-10H2,1H3,(H,19,22)/t13-/m0/s1. The normalized spacial score (nSPS) is 20.9. The van der Waals surface area contributed by atoms with Gasteiger partial charge in [0.05, 0.1) is 17.4 Å². The number of hydrogen-bond donors (Lipinski definition) is 2. The maximum atomic E-state index is 14.5. The molecule has 2 aliphatic rings. The van der Waals surface area contributed by atoms with Crippen molar-refractivity contribution in [3.63, 3.8) is 0 Å². The highest BCUT2D eigenvalue weighted by Crippen LogP contribution is 2.28. The minimum absolute atomic E-state index is 0.167. The Morgan fingerprint density at radius 3 is 2.83 bits per heavy atom. The van der Waals surface area contributed by atoms with Crippen molar-refractivity contribution in [3.05, 3.63) is 24.0 Å². The minimum atomic E-state index is -0.528. The summed E-state index contributed by atoms with van der Waals surface area (Å²) >= 11 is 0. The second-order valence-corrected chi connectivity index (χ2v) is 5.91. The average molecular weight is 336 g/mol. The summed E-state index contributed by atoms with van der Waals surface area (Å²) in [6, 6.07) is 4.42. The Bertz CT molecular complexity index is 634. The largest absolute Gasteiger partial charge is 0.447 e. The van der Waals surface area contributed by atoms with Crippen LogP contribution in [0.1, 0.15) is 6.92 Å². The molecule has 2 amide bonds. The van der Waals surface area contributed by atoms with E-state index in [-0.39, 0.29) is 30.9 Å². The summed E-state index contributed by atoms with van der Waals surface area (Å²) in [6.07, 6.45) is -0.528. The summed E-state index contributed by atoms with van der Waals surface area (Å²) in [6.45, 7) is 4.96. The van der Waals surface area contributed by atoms with Crippen molar-refractivity contribution in [1.82, 2.24) is 10.6 Å². The van der Waals surface area contributed by atoms with Crippen molar-refractivity contribution in [2.45, 2.75) is 13.0 Å². The molecule has 1 atom stereocenters. The molecular weight excluding hydrogens is 315 g/mol. The first-order valence-electron chi connectivity index (χ1n) is 8.02. The van der Waals surface area contributed by atoms with E-state index in [2.05, 4.69) is 10.6 Å². The molecule has 2 fully saturated rings. The van der Waals surface area contributed by atoms with Crippen molar-refractivity contribution in [2.24, 2.45) is 0 Å². The van der Waals surface area contributed by atoms with E-state index in [4.69, 9.17) is 4.74 Å². The zero-order valence-electron chi connectivity index (χ0n) is 13.5. The average Bonchev–Trinajstić information content (AvgIpc) is 2.94. The van der Waals surface area contributed by atoms with Crippen molar-refractivity contribution >= 4 is 23.4 Å². The number of nitrogens with zero attached hydrogens (tertiary/aromatic N) is 2. The Balaban J connectivity index is 1.78. The molecule has 3 rings (SSSR count). The maximum absolute atomic E-state index is 14.5. The number of halogens is 1. The zero-order chi connectivity index (χ0) is 17.1. The van der Waals surface area contributed by atoms with Gasteiger partial charge >= 0.3 is 6.09 Å². The zero-order valence-corrected chi connectivity index (χ0v) is 13.5. The topological polar surface area (TPSA) is 73.9 Å². The van der Waals surface area contributed by atoms with Gasteiger partial charge in [0.2, 0.25) is 5.91 Å². The number of carbonyl (C=O) groups excluding carboxylic acids is 2. The van der Waals surface area contributed by atoms with E-state index >= 15 is 0 Å². The quantitative estimate of drug-likeness (QED) is 0.847. The van der Waals surface area contributed by atoms with Gasteiger partial charge in [0.1, 0.15) is 12.4 Å². The number of amides is 2. The molecule has 2 saturated heterocycles. The first-order chi connectivity index (χ1) is 11.6.